The molecular weight excluding hydrogens is 336 g/mol. The molecule has 0 aliphatic carbocycles. The normalized spacial score (nSPS) is 13.2. The van der Waals surface area contributed by atoms with Crippen molar-refractivity contribution in [3.05, 3.63) is 27.3 Å². The van der Waals surface area contributed by atoms with Crippen LogP contribution in [0.5, 0.6) is 0 Å². The number of nitrogens with one attached hydrogen (secondary N) is 1. The monoisotopic (exact) mass is 364 g/mol. The van der Waals surface area contributed by atoms with E-state index in [-0.39, 0.29) is 16.7 Å². The van der Waals surface area contributed by atoms with E-state index < -0.39 is 5.54 Å². The molecule has 6 nitrogen and oxygen atoms in total. The first kappa shape index (κ1) is 19.6. The first-order valence-corrected chi connectivity index (χ1v) is 9.18. The van der Waals surface area contributed by atoms with E-state index in [1.165, 1.54) is 11.3 Å². The molecule has 0 bridgehead atoms. The molecule has 0 aromatic carbocycles. The van der Waals surface area contributed by atoms with Gasteiger partial charge in [-0.3, -0.25) is 4.79 Å². The molecule has 138 valence electrons. The van der Waals surface area contributed by atoms with Crippen molar-refractivity contribution in [3.63, 3.8) is 0 Å². The van der Waals surface area contributed by atoms with Gasteiger partial charge in [0, 0.05) is 10.8 Å². The van der Waals surface area contributed by atoms with Crippen molar-refractivity contribution in [1.82, 2.24) is 20.4 Å². The molecule has 0 atom stereocenters. The van der Waals surface area contributed by atoms with E-state index in [9.17, 15) is 4.79 Å². The van der Waals surface area contributed by atoms with Gasteiger partial charge in [0.15, 0.2) is 5.82 Å². The number of nitrogens with zero attached hydrogens (tertiary/aromatic N) is 3. The predicted molar refractivity (Wildman–Crippen MR) is 99.0 cm³/mol. The summed E-state index contributed by atoms with van der Waals surface area (Å²) in [5, 5.41) is 8.01. The minimum atomic E-state index is -0.748. The van der Waals surface area contributed by atoms with Crippen LogP contribution in [0.3, 0.4) is 0 Å². The molecule has 2 rings (SSSR count). The lowest BCUT2D eigenvalue weighted by atomic mass is 9.97. The Labute approximate surface area is 153 Å². The SMILES string of the molecule is Cc1nc(C(C)(C)C)sc1C(=O)NC(C)(C)c1noc(C(C)(C)C)n1. The highest BCUT2D eigenvalue weighted by Gasteiger charge is 2.33. The van der Waals surface area contributed by atoms with E-state index in [2.05, 4.69) is 41.2 Å². The van der Waals surface area contributed by atoms with Gasteiger partial charge in [-0.2, -0.15) is 4.98 Å². The van der Waals surface area contributed by atoms with Crippen LogP contribution in [0.1, 0.15) is 87.5 Å². The van der Waals surface area contributed by atoms with Gasteiger partial charge in [0.05, 0.1) is 16.2 Å². The van der Waals surface area contributed by atoms with Crippen molar-refractivity contribution >= 4 is 17.2 Å². The van der Waals surface area contributed by atoms with Crippen LogP contribution in [-0.2, 0) is 16.4 Å². The molecule has 0 unspecified atom stereocenters. The van der Waals surface area contributed by atoms with Gasteiger partial charge in [0.25, 0.3) is 5.91 Å². The van der Waals surface area contributed by atoms with E-state index in [0.717, 1.165) is 10.7 Å². The zero-order chi connectivity index (χ0) is 19.2. The number of thiazole rings is 1. The molecule has 0 fully saturated rings. The number of rotatable bonds is 3. The van der Waals surface area contributed by atoms with E-state index in [1.54, 1.807) is 0 Å². The van der Waals surface area contributed by atoms with Crippen molar-refractivity contribution in [2.24, 2.45) is 0 Å². The lowest BCUT2D eigenvalue weighted by molar-refractivity contribution is 0.0911. The molecule has 1 N–H and O–H groups in total. The zero-order valence-corrected chi connectivity index (χ0v) is 17.4. The topological polar surface area (TPSA) is 80.9 Å². The Morgan fingerprint density at radius 1 is 1.00 bits per heavy atom. The number of carbonyl (C=O) groups excluding carboxylic acids is 1. The van der Waals surface area contributed by atoms with Crippen LogP contribution in [0, 0.1) is 6.92 Å². The maximum atomic E-state index is 12.8. The Bertz CT molecular complexity index is 776. The summed E-state index contributed by atoms with van der Waals surface area (Å²) in [5.41, 5.74) is -0.325. The Balaban J connectivity index is 2.24. The van der Waals surface area contributed by atoms with Crippen LogP contribution in [0.15, 0.2) is 4.52 Å². The first-order valence-electron chi connectivity index (χ1n) is 8.37. The number of aryl methyl sites for hydroxylation is 1. The van der Waals surface area contributed by atoms with Crippen LogP contribution in [-0.4, -0.2) is 21.0 Å². The lowest BCUT2D eigenvalue weighted by Crippen LogP contribution is -2.41. The summed E-state index contributed by atoms with van der Waals surface area (Å²) < 4.78 is 5.35. The fourth-order valence-electron chi connectivity index (χ4n) is 2.11. The molecule has 7 heteroatoms. The molecule has 0 saturated heterocycles. The highest BCUT2D eigenvalue weighted by atomic mass is 32.1. The smallest absolute Gasteiger partial charge is 0.264 e. The number of hydrogen-bond donors (Lipinski definition) is 1. The Morgan fingerprint density at radius 2 is 1.60 bits per heavy atom. The van der Waals surface area contributed by atoms with Gasteiger partial charge in [-0.25, -0.2) is 4.98 Å². The Hall–Kier alpha value is -1.76. The van der Waals surface area contributed by atoms with Crippen LogP contribution < -0.4 is 5.32 Å². The zero-order valence-electron chi connectivity index (χ0n) is 16.6. The van der Waals surface area contributed by atoms with Crippen LogP contribution in [0.25, 0.3) is 0 Å². The second-order valence-corrected chi connectivity index (χ2v) is 9.93. The molecule has 0 aliphatic rings. The van der Waals surface area contributed by atoms with Gasteiger partial charge in [0.1, 0.15) is 4.88 Å². The summed E-state index contributed by atoms with van der Waals surface area (Å²) in [6, 6.07) is 0. The second-order valence-electron chi connectivity index (χ2n) is 8.94. The molecule has 0 saturated carbocycles. The van der Waals surface area contributed by atoms with Crippen molar-refractivity contribution in [3.8, 4) is 0 Å². The summed E-state index contributed by atoms with van der Waals surface area (Å²) in [4.78, 5) is 22.4. The summed E-state index contributed by atoms with van der Waals surface area (Å²) in [6.07, 6.45) is 0. The van der Waals surface area contributed by atoms with E-state index in [0.29, 0.717) is 16.6 Å². The van der Waals surface area contributed by atoms with Gasteiger partial charge in [0.2, 0.25) is 5.89 Å². The number of aromatic nitrogens is 3. The van der Waals surface area contributed by atoms with Crippen molar-refractivity contribution in [2.75, 3.05) is 0 Å². The predicted octanol–water partition coefficient (Wildman–Crippen LogP) is 4.09. The van der Waals surface area contributed by atoms with E-state index in [4.69, 9.17) is 4.52 Å². The number of amides is 1. The molecule has 1 amide bonds. The maximum absolute atomic E-state index is 12.8. The van der Waals surface area contributed by atoms with Gasteiger partial charge < -0.3 is 9.84 Å². The fourth-order valence-corrected chi connectivity index (χ4v) is 3.13. The van der Waals surface area contributed by atoms with Crippen molar-refractivity contribution < 1.29 is 9.32 Å². The molecule has 0 spiro atoms. The van der Waals surface area contributed by atoms with Gasteiger partial charge in [-0.15, -0.1) is 11.3 Å². The average Bonchev–Trinajstić information content (AvgIpc) is 3.02. The summed E-state index contributed by atoms with van der Waals surface area (Å²) in [6.45, 7) is 17.9. The first-order chi connectivity index (χ1) is 11.2. The van der Waals surface area contributed by atoms with Crippen LogP contribution in [0.2, 0.25) is 0 Å². The molecule has 2 heterocycles. The van der Waals surface area contributed by atoms with Gasteiger partial charge in [-0.05, 0) is 20.8 Å². The van der Waals surface area contributed by atoms with E-state index in [1.807, 2.05) is 41.5 Å². The second kappa shape index (κ2) is 6.20. The van der Waals surface area contributed by atoms with Crippen LogP contribution in [0.4, 0.5) is 0 Å². The molecule has 2 aromatic rings. The maximum Gasteiger partial charge on any atom is 0.264 e. The van der Waals surface area contributed by atoms with Crippen molar-refractivity contribution in [2.45, 2.75) is 78.7 Å². The minimum Gasteiger partial charge on any atom is -0.339 e. The summed E-state index contributed by atoms with van der Waals surface area (Å²) in [5.74, 6) is 0.843. The molecule has 2 aromatic heterocycles. The third-order valence-electron chi connectivity index (χ3n) is 3.70. The Kier molecular flexibility index (Phi) is 4.85. The third kappa shape index (κ3) is 4.26. The Morgan fingerprint density at radius 3 is 2.04 bits per heavy atom. The fraction of sp³-hybridized carbons (Fsp3) is 0.667. The quantitative estimate of drug-likeness (QED) is 0.887. The van der Waals surface area contributed by atoms with Gasteiger partial charge >= 0.3 is 0 Å². The van der Waals surface area contributed by atoms with Crippen molar-refractivity contribution in [1.29, 1.82) is 0 Å². The van der Waals surface area contributed by atoms with Gasteiger partial charge in [-0.1, -0.05) is 46.7 Å². The van der Waals surface area contributed by atoms with Crippen LogP contribution >= 0.6 is 11.3 Å². The molecule has 0 aliphatic heterocycles. The standard InChI is InChI=1S/C18H28N4O2S/c1-10-11(25-15(19-10)17(5,6)7)12(23)21-18(8,9)13-20-14(24-22-13)16(2,3)4/h1-9H3,(H,21,23). The summed E-state index contributed by atoms with van der Waals surface area (Å²) in [7, 11) is 0. The van der Waals surface area contributed by atoms with E-state index >= 15 is 0 Å². The molecule has 0 radical (unpaired) electrons. The molecule has 25 heavy (non-hydrogen) atoms. The lowest BCUT2D eigenvalue weighted by Gasteiger charge is -2.22. The average molecular weight is 365 g/mol. The largest absolute Gasteiger partial charge is 0.339 e. The number of hydrogen-bond acceptors (Lipinski definition) is 6. The summed E-state index contributed by atoms with van der Waals surface area (Å²) >= 11 is 1.43. The minimum absolute atomic E-state index is 0.0846. The number of carbonyl (C=O) groups is 1. The molecular formula is C18H28N4O2S. The highest BCUT2D eigenvalue weighted by Crippen LogP contribution is 2.30. The highest BCUT2D eigenvalue weighted by molar-refractivity contribution is 7.14. The third-order valence-corrected chi connectivity index (χ3v) is 5.28.